The molecule has 1 saturated heterocycles. The first kappa shape index (κ1) is 25.8. The number of pyridine rings is 1. The van der Waals surface area contributed by atoms with Crippen LogP contribution in [0.2, 0.25) is 0 Å². The maximum Gasteiger partial charge on any atom is 0.255 e. The lowest BCUT2D eigenvalue weighted by atomic mass is 10.0. The highest BCUT2D eigenvalue weighted by Gasteiger charge is 2.17. The molecule has 0 bridgehead atoms. The highest BCUT2D eigenvalue weighted by Crippen LogP contribution is 2.32. The van der Waals surface area contributed by atoms with Crippen molar-refractivity contribution in [3.05, 3.63) is 88.3 Å². The van der Waals surface area contributed by atoms with Crippen LogP contribution in [0, 0.1) is 6.92 Å². The van der Waals surface area contributed by atoms with Crippen molar-refractivity contribution in [1.29, 1.82) is 0 Å². The van der Waals surface area contributed by atoms with Gasteiger partial charge in [0, 0.05) is 62.7 Å². The molecule has 0 aliphatic carbocycles. The van der Waals surface area contributed by atoms with Gasteiger partial charge in [-0.2, -0.15) is 0 Å². The van der Waals surface area contributed by atoms with Crippen LogP contribution in [0.1, 0.15) is 23.4 Å². The minimum atomic E-state index is -0.129. The van der Waals surface area contributed by atoms with Crippen molar-refractivity contribution in [1.82, 2.24) is 9.97 Å². The zero-order valence-corrected chi connectivity index (χ0v) is 21.9. The summed E-state index contributed by atoms with van der Waals surface area (Å²) in [7, 11) is 1.69. The van der Waals surface area contributed by atoms with Gasteiger partial charge in [0.05, 0.1) is 26.0 Å². The van der Waals surface area contributed by atoms with Crippen LogP contribution in [0.4, 0.5) is 5.69 Å². The van der Waals surface area contributed by atoms with Gasteiger partial charge >= 0.3 is 0 Å². The molecule has 0 amide bonds. The number of aryl methyl sites for hydroxylation is 1. The average molecular weight is 516 g/mol. The van der Waals surface area contributed by atoms with E-state index in [-0.39, 0.29) is 5.56 Å². The topological polar surface area (TPSA) is 89.8 Å². The summed E-state index contributed by atoms with van der Waals surface area (Å²) in [5, 5.41) is 0. The average Bonchev–Trinajstić information content (AvgIpc) is 3.42. The van der Waals surface area contributed by atoms with E-state index in [0.29, 0.717) is 50.1 Å². The van der Waals surface area contributed by atoms with Crippen molar-refractivity contribution in [3.63, 3.8) is 0 Å². The Hall–Kier alpha value is -3.88. The summed E-state index contributed by atoms with van der Waals surface area (Å²) in [6.45, 7) is 6.27. The summed E-state index contributed by atoms with van der Waals surface area (Å²) in [6, 6.07) is 15.9. The quantitative estimate of drug-likeness (QED) is 0.302. The number of oxazole rings is 1. The maximum atomic E-state index is 12.6. The van der Waals surface area contributed by atoms with Gasteiger partial charge in [0.25, 0.3) is 5.56 Å². The number of nitrogens with one attached hydrogen (secondary N) is 1. The number of methoxy groups -OCH3 is 1. The normalized spacial score (nSPS) is 13.6. The van der Waals surface area contributed by atoms with Crippen LogP contribution in [0.3, 0.4) is 0 Å². The van der Waals surface area contributed by atoms with E-state index in [2.05, 4.69) is 40.0 Å². The Labute approximate surface area is 222 Å². The highest BCUT2D eigenvalue weighted by molar-refractivity contribution is 5.76. The fourth-order valence-electron chi connectivity index (χ4n) is 4.57. The summed E-state index contributed by atoms with van der Waals surface area (Å²) >= 11 is 0. The van der Waals surface area contributed by atoms with E-state index in [1.807, 2.05) is 30.3 Å². The molecule has 0 atom stereocenters. The number of benzene rings is 2. The first-order valence-corrected chi connectivity index (χ1v) is 12.9. The molecule has 3 heterocycles. The molecule has 0 saturated carbocycles. The van der Waals surface area contributed by atoms with Crippen LogP contribution in [0.25, 0.3) is 22.5 Å². The number of aromatic nitrogens is 2. The van der Waals surface area contributed by atoms with Crippen LogP contribution in [-0.4, -0.2) is 56.6 Å². The van der Waals surface area contributed by atoms with Gasteiger partial charge in [-0.15, -0.1) is 0 Å². The summed E-state index contributed by atoms with van der Waals surface area (Å²) in [5.41, 5.74) is 5.46. The van der Waals surface area contributed by atoms with Gasteiger partial charge in [-0.25, -0.2) is 4.98 Å². The van der Waals surface area contributed by atoms with Crippen molar-refractivity contribution in [2.45, 2.75) is 19.8 Å². The Kier molecular flexibility index (Phi) is 8.21. The van der Waals surface area contributed by atoms with Gasteiger partial charge in [-0.05, 0) is 66.1 Å². The van der Waals surface area contributed by atoms with Crippen molar-refractivity contribution in [3.8, 4) is 28.2 Å². The third-order valence-corrected chi connectivity index (χ3v) is 6.69. The van der Waals surface area contributed by atoms with Crippen LogP contribution in [0.5, 0.6) is 5.75 Å². The standard InChI is InChI=1S/C30H33N3O5/c1-21-6-7-26(37-12-4-11-35-2)18-22(21)19-29-32-20-28(38-29)24-15-23(27-5-3-8-31-30(27)34)16-25(17-24)33-9-13-36-14-10-33/h3,5-8,15-18,20H,4,9-14,19H2,1-2H3,(H,31,34). The molecule has 8 nitrogen and oxygen atoms in total. The minimum Gasteiger partial charge on any atom is -0.493 e. The van der Waals surface area contributed by atoms with Crippen molar-refractivity contribution < 1.29 is 18.6 Å². The fraction of sp³-hybridized carbons (Fsp3) is 0.333. The van der Waals surface area contributed by atoms with E-state index < -0.39 is 0 Å². The molecule has 198 valence electrons. The van der Waals surface area contributed by atoms with Crippen LogP contribution >= 0.6 is 0 Å². The summed E-state index contributed by atoms with van der Waals surface area (Å²) < 4.78 is 22.8. The zero-order valence-electron chi connectivity index (χ0n) is 21.9. The molecule has 1 fully saturated rings. The molecular weight excluding hydrogens is 482 g/mol. The zero-order chi connectivity index (χ0) is 26.3. The molecule has 2 aromatic carbocycles. The third-order valence-electron chi connectivity index (χ3n) is 6.69. The molecule has 1 aliphatic heterocycles. The molecule has 0 radical (unpaired) electrons. The van der Waals surface area contributed by atoms with Gasteiger partial charge in [-0.1, -0.05) is 6.07 Å². The summed E-state index contributed by atoms with van der Waals surface area (Å²) in [4.78, 5) is 22.2. The van der Waals surface area contributed by atoms with E-state index in [0.717, 1.165) is 53.2 Å². The number of hydrogen-bond donors (Lipinski definition) is 1. The molecule has 5 rings (SSSR count). The summed E-state index contributed by atoms with van der Waals surface area (Å²) in [6.07, 6.45) is 4.79. The van der Waals surface area contributed by atoms with Crippen LogP contribution < -0.4 is 15.2 Å². The number of anilines is 1. The Morgan fingerprint density at radius 2 is 1.89 bits per heavy atom. The van der Waals surface area contributed by atoms with Crippen LogP contribution in [0.15, 0.2) is 70.1 Å². The Bertz CT molecular complexity index is 1420. The monoisotopic (exact) mass is 515 g/mol. The lowest BCUT2D eigenvalue weighted by Crippen LogP contribution is -2.36. The smallest absolute Gasteiger partial charge is 0.255 e. The second-order valence-corrected chi connectivity index (χ2v) is 9.36. The van der Waals surface area contributed by atoms with Crippen molar-refractivity contribution in [2.75, 3.05) is 51.5 Å². The molecule has 0 unspecified atom stereocenters. The molecule has 4 aromatic rings. The number of rotatable bonds is 10. The van der Waals surface area contributed by atoms with Gasteiger partial charge in [0.1, 0.15) is 5.75 Å². The number of morpholine rings is 1. The molecule has 8 heteroatoms. The van der Waals surface area contributed by atoms with E-state index in [9.17, 15) is 4.79 Å². The lowest BCUT2D eigenvalue weighted by Gasteiger charge is -2.29. The predicted molar refractivity (Wildman–Crippen MR) is 147 cm³/mol. The molecule has 38 heavy (non-hydrogen) atoms. The Morgan fingerprint density at radius 1 is 1.05 bits per heavy atom. The fourth-order valence-corrected chi connectivity index (χ4v) is 4.57. The molecule has 2 aromatic heterocycles. The Morgan fingerprint density at radius 3 is 2.71 bits per heavy atom. The first-order valence-electron chi connectivity index (χ1n) is 12.9. The van der Waals surface area contributed by atoms with Gasteiger partial charge in [0.15, 0.2) is 11.7 Å². The highest BCUT2D eigenvalue weighted by atomic mass is 16.5. The number of aromatic amines is 1. The summed E-state index contributed by atoms with van der Waals surface area (Å²) in [5.74, 6) is 2.10. The Balaban J connectivity index is 1.42. The lowest BCUT2D eigenvalue weighted by molar-refractivity contribution is 0.122. The predicted octanol–water partition coefficient (Wildman–Crippen LogP) is 4.85. The number of hydrogen-bond acceptors (Lipinski definition) is 7. The molecular formula is C30H33N3O5. The van der Waals surface area contributed by atoms with E-state index in [1.165, 1.54) is 0 Å². The molecule has 1 aliphatic rings. The van der Waals surface area contributed by atoms with Crippen molar-refractivity contribution >= 4 is 5.69 Å². The minimum absolute atomic E-state index is 0.129. The maximum absolute atomic E-state index is 12.6. The van der Waals surface area contributed by atoms with Gasteiger partial charge in [0.2, 0.25) is 0 Å². The van der Waals surface area contributed by atoms with Gasteiger partial charge in [-0.3, -0.25) is 4.79 Å². The van der Waals surface area contributed by atoms with Crippen molar-refractivity contribution in [2.24, 2.45) is 0 Å². The van der Waals surface area contributed by atoms with E-state index in [4.69, 9.17) is 18.6 Å². The van der Waals surface area contributed by atoms with E-state index >= 15 is 0 Å². The number of nitrogens with zero attached hydrogens (tertiary/aromatic N) is 2. The molecule has 1 N–H and O–H groups in total. The first-order chi connectivity index (χ1) is 18.6. The second kappa shape index (κ2) is 12.1. The largest absolute Gasteiger partial charge is 0.493 e. The molecule has 0 spiro atoms. The second-order valence-electron chi connectivity index (χ2n) is 9.36. The number of H-pyrrole nitrogens is 1. The third kappa shape index (κ3) is 6.15. The van der Waals surface area contributed by atoms with E-state index in [1.54, 1.807) is 19.5 Å². The van der Waals surface area contributed by atoms with Gasteiger partial charge < -0.3 is 28.5 Å². The number of ether oxygens (including phenoxy) is 3. The van der Waals surface area contributed by atoms with Crippen LogP contribution in [-0.2, 0) is 15.9 Å². The SMILES string of the molecule is COCCCOc1ccc(C)c(Cc2ncc(-c3cc(-c4ccc[nH]c4=O)cc(N4CCOCC4)c3)o2)c1.